The Labute approximate surface area is 181 Å². The Morgan fingerprint density at radius 3 is 2.61 bits per heavy atom. The standard InChI is InChI=1S/C26H24N2O3/c1-31-22-15-7-13-20(25(22)29)23-18-11-5-10-17(18)19-12-6-14-21(24(19)28-23)26(30)27-16-8-3-2-4-9-16/h2-10,12-15,17-18,23,28-29H,11H2,1H3,(H,27,30). The van der Waals surface area contributed by atoms with Gasteiger partial charge >= 0.3 is 0 Å². The summed E-state index contributed by atoms with van der Waals surface area (Å²) < 4.78 is 5.33. The molecule has 0 spiro atoms. The van der Waals surface area contributed by atoms with E-state index in [0.717, 1.165) is 28.9 Å². The molecule has 0 aromatic heterocycles. The number of amides is 1. The first-order chi connectivity index (χ1) is 15.2. The number of hydrogen-bond acceptors (Lipinski definition) is 4. The van der Waals surface area contributed by atoms with Crippen LogP contribution in [0.3, 0.4) is 0 Å². The average molecular weight is 412 g/mol. The van der Waals surface area contributed by atoms with Gasteiger partial charge in [0.25, 0.3) is 5.91 Å². The summed E-state index contributed by atoms with van der Waals surface area (Å²) in [5.74, 6) is 0.851. The number of phenols is 1. The second-order valence-electron chi connectivity index (χ2n) is 7.96. The van der Waals surface area contributed by atoms with Crippen LogP contribution in [0.5, 0.6) is 11.5 Å². The molecule has 3 aromatic carbocycles. The Morgan fingerprint density at radius 1 is 1.03 bits per heavy atom. The largest absolute Gasteiger partial charge is 0.504 e. The first-order valence-electron chi connectivity index (χ1n) is 10.5. The van der Waals surface area contributed by atoms with Gasteiger partial charge in [-0.25, -0.2) is 0 Å². The minimum atomic E-state index is -0.162. The molecule has 3 aromatic rings. The Morgan fingerprint density at radius 2 is 1.81 bits per heavy atom. The van der Waals surface area contributed by atoms with Gasteiger partial charge in [0, 0.05) is 17.2 Å². The fourth-order valence-corrected chi connectivity index (χ4v) is 4.79. The smallest absolute Gasteiger partial charge is 0.257 e. The van der Waals surface area contributed by atoms with Crippen LogP contribution in [0.25, 0.3) is 0 Å². The summed E-state index contributed by atoms with van der Waals surface area (Å²) in [5, 5.41) is 17.4. The van der Waals surface area contributed by atoms with Crippen LogP contribution in [-0.2, 0) is 0 Å². The van der Waals surface area contributed by atoms with Crippen LogP contribution in [0.15, 0.2) is 78.9 Å². The van der Waals surface area contributed by atoms with Crippen molar-refractivity contribution < 1.29 is 14.6 Å². The van der Waals surface area contributed by atoms with Crippen LogP contribution in [-0.4, -0.2) is 18.1 Å². The van der Waals surface area contributed by atoms with Crippen LogP contribution >= 0.6 is 0 Å². The molecule has 0 fully saturated rings. The molecule has 0 radical (unpaired) electrons. The number of carbonyl (C=O) groups excluding carboxylic acids is 1. The fourth-order valence-electron chi connectivity index (χ4n) is 4.79. The summed E-state index contributed by atoms with van der Waals surface area (Å²) >= 11 is 0. The Hall–Kier alpha value is -3.73. The number of carbonyl (C=O) groups is 1. The highest BCUT2D eigenvalue weighted by molar-refractivity contribution is 6.08. The number of aromatic hydroxyl groups is 1. The normalized spacial score (nSPS) is 21.0. The molecule has 5 heteroatoms. The monoisotopic (exact) mass is 412 g/mol. The van der Waals surface area contributed by atoms with Gasteiger partial charge in [0.2, 0.25) is 0 Å². The number of allylic oxidation sites excluding steroid dienone is 2. The molecule has 3 atom stereocenters. The highest BCUT2D eigenvalue weighted by atomic mass is 16.5. The molecule has 5 rings (SSSR count). The number of ether oxygens (including phenoxy) is 1. The summed E-state index contributed by atoms with van der Waals surface area (Å²) in [6.45, 7) is 0. The molecule has 0 saturated heterocycles. The molecule has 3 unspecified atom stereocenters. The van der Waals surface area contributed by atoms with Gasteiger partial charge in [-0.15, -0.1) is 0 Å². The van der Waals surface area contributed by atoms with Crippen molar-refractivity contribution in [2.24, 2.45) is 5.92 Å². The zero-order chi connectivity index (χ0) is 21.4. The summed E-state index contributed by atoms with van der Waals surface area (Å²) in [5.41, 5.74) is 4.05. The lowest BCUT2D eigenvalue weighted by Crippen LogP contribution is -2.31. The van der Waals surface area contributed by atoms with Crippen molar-refractivity contribution in [3.8, 4) is 11.5 Å². The van der Waals surface area contributed by atoms with E-state index in [1.165, 1.54) is 0 Å². The van der Waals surface area contributed by atoms with E-state index in [1.54, 1.807) is 13.2 Å². The Kier molecular flexibility index (Phi) is 4.86. The van der Waals surface area contributed by atoms with Crippen LogP contribution in [0.4, 0.5) is 11.4 Å². The van der Waals surface area contributed by atoms with Crippen molar-refractivity contribution in [2.45, 2.75) is 18.4 Å². The lowest BCUT2D eigenvalue weighted by Gasteiger charge is -2.38. The number of benzene rings is 3. The number of para-hydroxylation sites is 3. The number of fused-ring (bicyclic) bond motifs is 3. The van der Waals surface area contributed by atoms with Crippen molar-refractivity contribution in [3.63, 3.8) is 0 Å². The molecule has 0 bridgehead atoms. The minimum Gasteiger partial charge on any atom is -0.504 e. The molecule has 0 saturated carbocycles. The summed E-state index contributed by atoms with van der Waals surface area (Å²) in [7, 11) is 1.55. The maximum Gasteiger partial charge on any atom is 0.257 e. The van der Waals surface area contributed by atoms with E-state index in [0.29, 0.717) is 11.3 Å². The average Bonchev–Trinajstić information content (AvgIpc) is 3.29. The highest BCUT2D eigenvalue weighted by Gasteiger charge is 2.40. The second-order valence-corrected chi connectivity index (χ2v) is 7.96. The molecule has 1 amide bonds. The van der Waals surface area contributed by atoms with E-state index in [-0.39, 0.29) is 29.5 Å². The Bertz CT molecular complexity index is 1160. The number of methoxy groups -OCH3 is 1. The summed E-state index contributed by atoms with van der Waals surface area (Å²) in [6.07, 6.45) is 5.30. The quantitative estimate of drug-likeness (QED) is 0.496. The van der Waals surface area contributed by atoms with Crippen LogP contribution in [0.2, 0.25) is 0 Å². The van der Waals surface area contributed by atoms with Gasteiger partial charge in [-0.1, -0.05) is 54.6 Å². The highest BCUT2D eigenvalue weighted by Crippen LogP contribution is 2.52. The van der Waals surface area contributed by atoms with Gasteiger partial charge < -0.3 is 20.5 Å². The molecule has 31 heavy (non-hydrogen) atoms. The topological polar surface area (TPSA) is 70.6 Å². The Balaban J connectivity index is 1.56. The third kappa shape index (κ3) is 3.32. The molecular weight excluding hydrogens is 388 g/mol. The number of phenolic OH excluding ortho intramolecular Hbond substituents is 1. The van der Waals surface area contributed by atoms with Crippen molar-refractivity contribution in [1.29, 1.82) is 0 Å². The maximum absolute atomic E-state index is 13.2. The first-order valence-corrected chi connectivity index (χ1v) is 10.5. The maximum atomic E-state index is 13.2. The number of nitrogens with one attached hydrogen (secondary N) is 2. The zero-order valence-electron chi connectivity index (χ0n) is 17.2. The van der Waals surface area contributed by atoms with Gasteiger partial charge in [-0.05, 0) is 42.2 Å². The second kappa shape index (κ2) is 7.84. The lowest BCUT2D eigenvalue weighted by atomic mass is 9.76. The van der Waals surface area contributed by atoms with E-state index in [2.05, 4.69) is 28.9 Å². The van der Waals surface area contributed by atoms with Crippen LogP contribution in [0.1, 0.15) is 39.9 Å². The van der Waals surface area contributed by atoms with Gasteiger partial charge in [0.15, 0.2) is 11.5 Å². The number of hydrogen-bond donors (Lipinski definition) is 3. The third-order valence-electron chi connectivity index (χ3n) is 6.26. The van der Waals surface area contributed by atoms with Gasteiger partial charge in [-0.2, -0.15) is 0 Å². The fraction of sp³-hybridized carbons (Fsp3) is 0.192. The minimum absolute atomic E-state index is 0.141. The van der Waals surface area contributed by atoms with E-state index in [4.69, 9.17) is 4.74 Å². The van der Waals surface area contributed by atoms with Gasteiger partial charge in [0.05, 0.1) is 24.4 Å². The SMILES string of the molecule is COc1cccc(C2Nc3c(C(=O)Nc4ccccc4)cccc3C3C=CCC32)c1O. The molecule has 3 N–H and O–H groups in total. The van der Waals surface area contributed by atoms with Crippen molar-refractivity contribution in [3.05, 3.63) is 95.6 Å². The van der Waals surface area contributed by atoms with Crippen molar-refractivity contribution in [1.82, 2.24) is 0 Å². The third-order valence-corrected chi connectivity index (χ3v) is 6.26. The number of rotatable bonds is 4. The predicted molar refractivity (Wildman–Crippen MR) is 122 cm³/mol. The predicted octanol–water partition coefficient (Wildman–Crippen LogP) is 5.48. The molecule has 1 aliphatic carbocycles. The molecule has 156 valence electrons. The van der Waals surface area contributed by atoms with Crippen LogP contribution in [0, 0.1) is 5.92 Å². The molecule has 5 nitrogen and oxygen atoms in total. The van der Waals surface area contributed by atoms with E-state index in [1.807, 2.05) is 54.6 Å². The van der Waals surface area contributed by atoms with Crippen molar-refractivity contribution in [2.75, 3.05) is 17.7 Å². The van der Waals surface area contributed by atoms with E-state index in [9.17, 15) is 9.90 Å². The number of anilines is 2. The molecule has 1 aliphatic heterocycles. The van der Waals surface area contributed by atoms with Gasteiger partial charge in [0.1, 0.15) is 0 Å². The molecular formula is C26H24N2O3. The summed E-state index contributed by atoms with van der Waals surface area (Å²) in [6, 6.07) is 20.7. The molecule has 1 heterocycles. The van der Waals surface area contributed by atoms with Crippen LogP contribution < -0.4 is 15.4 Å². The zero-order valence-corrected chi connectivity index (χ0v) is 17.2. The van der Waals surface area contributed by atoms with E-state index >= 15 is 0 Å². The van der Waals surface area contributed by atoms with Gasteiger partial charge in [-0.3, -0.25) is 4.79 Å². The van der Waals surface area contributed by atoms with E-state index < -0.39 is 0 Å². The van der Waals surface area contributed by atoms with Crippen molar-refractivity contribution >= 4 is 17.3 Å². The molecule has 2 aliphatic rings. The summed E-state index contributed by atoms with van der Waals surface area (Å²) in [4.78, 5) is 13.2. The lowest BCUT2D eigenvalue weighted by molar-refractivity contribution is 0.102. The first kappa shape index (κ1) is 19.2.